The molecule has 0 aliphatic rings. The Morgan fingerprint density at radius 1 is 1.58 bits per heavy atom. The summed E-state index contributed by atoms with van der Waals surface area (Å²) in [6.07, 6.45) is 1.17. The first-order chi connectivity index (χ1) is 5.65. The molecule has 5 heteroatoms. The Morgan fingerprint density at radius 3 is 2.83 bits per heavy atom. The van der Waals surface area contributed by atoms with Gasteiger partial charge in [0.25, 0.3) is 0 Å². The van der Waals surface area contributed by atoms with Gasteiger partial charge in [0.1, 0.15) is 11.6 Å². The van der Waals surface area contributed by atoms with E-state index >= 15 is 0 Å². The first-order valence-corrected chi connectivity index (χ1v) is 3.85. The molecular formula is C7H6BrFN2O. The molecule has 0 aromatic heterocycles. The minimum absolute atomic E-state index is 0.0718. The molecule has 0 aliphatic heterocycles. The van der Waals surface area contributed by atoms with Crippen LogP contribution in [0.15, 0.2) is 21.7 Å². The maximum Gasteiger partial charge on any atom is 0.138 e. The molecule has 0 bridgehead atoms. The summed E-state index contributed by atoms with van der Waals surface area (Å²) in [5.74, 6) is 4.30. The van der Waals surface area contributed by atoms with Gasteiger partial charge in [-0.3, -0.25) is 0 Å². The minimum Gasteiger partial charge on any atom is -0.507 e. The van der Waals surface area contributed by atoms with Crippen LogP contribution in [0.25, 0.3) is 0 Å². The van der Waals surface area contributed by atoms with Gasteiger partial charge in [-0.1, -0.05) is 0 Å². The van der Waals surface area contributed by atoms with Crippen LogP contribution in [-0.2, 0) is 0 Å². The van der Waals surface area contributed by atoms with E-state index < -0.39 is 5.82 Å². The topological polar surface area (TPSA) is 58.6 Å². The summed E-state index contributed by atoms with van der Waals surface area (Å²) >= 11 is 2.92. The summed E-state index contributed by atoms with van der Waals surface area (Å²) in [7, 11) is 0. The maximum atomic E-state index is 12.8. The fraction of sp³-hybridized carbons (Fsp3) is 0. The fourth-order valence-electron chi connectivity index (χ4n) is 0.735. The van der Waals surface area contributed by atoms with Crippen LogP contribution < -0.4 is 5.84 Å². The molecule has 0 amide bonds. The summed E-state index contributed by atoms with van der Waals surface area (Å²) in [6, 6.07) is 2.38. The molecule has 3 nitrogen and oxygen atoms in total. The van der Waals surface area contributed by atoms with Crippen molar-refractivity contribution in [1.82, 2.24) is 0 Å². The van der Waals surface area contributed by atoms with Crippen molar-refractivity contribution < 1.29 is 9.50 Å². The summed E-state index contributed by atoms with van der Waals surface area (Å²) in [5.41, 5.74) is 0.248. The smallest absolute Gasteiger partial charge is 0.138 e. The quantitative estimate of drug-likeness (QED) is 0.439. The van der Waals surface area contributed by atoms with Gasteiger partial charge >= 0.3 is 0 Å². The van der Waals surface area contributed by atoms with E-state index in [-0.39, 0.29) is 15.8 Å². The molecule has 0 unspecified atom stereocenters. The van der Waals surface area contributed by atoms with Crippen LogP contribution in [0.2, 0.25) is 0 Å². The Morgan fingerprint density at radius 2 is 2.25 bits per heavy atom. The number of hydrogen-bond acceptors (Lipinski definition) is 3. The number of phenolic OH excluding ortho intramolecular Hbond substituents is 1. The van der Waals surface area contributed by atoms with Crippen LogP contribution >= 0.6 is 15.9 Å². The summed E-state index contributed by atoms with van der Waals surface area (Å²) in [6.45, 7) is 0. The highest BCUT2D eigenvalue weighted by Gasteiger charge is 2.04. The largest absolute Gasteiger partial charge is 0.507 e. The third kappa shape index (κ3) is 1.73. The monoisotopic (exact) mass is 232 g/mol. The minimum atomic E-state index is -0.470. The van der Waals surface area contributed by atoms with Crippen molar-refractivity contribution in [2.45, 2.75) is 0 Å². The van der Waals surface area contributed by atoms with Crippen LogP contribution in [-0.4, -0.2) is 11.3 Å². The van der Waals surface area contributed by atoms with Crippen LogP contribution in [0.5, 0.6) is 5.75 Å². The zero-order valence-corrected chi connectivity index (χ0v) is 7.55. The van der Waals surface area contributed by atoms with Gasteiger partial charge in [0, 0.05) is 5.56 Å². The van der Waals surface area contributed by atoms with E-state index in [0.29, 0.717) is 0 Å². The van der Waals surface area contributed by atoms with E-state index in [1.54, 1.807) is 0 Å². The Labute approximate surface area is 76.8 Å². The molecule has 12 heavy (non-hydrogen) atoms. The molecule has 3 N–H and O–H groups in total. The van der Waals surface area contributed by atoms with Gasteiger partial charge in [-0.25, -0.2) is 4.39 Å². The van der Waals surface area contributed by atoms with Crippen molar-refractivity contribution in [3.8, 4) is 5.75 Å². The number of nitrogens with two attached hydrogens (primary N) is 1. The van der Waals surface area contributed by atoms with E-state index in [4.69, 9.17) is 5.84 Å². The second kappa shape index (κ2) is 3.53. The van der Waals surface area contributed by atoms with Gasteiger partial charge in [-0.05, 0) is 28.1 Å². The normalized spacial score (nSPS) is 10.8. The Kier molecular flexibility index (Phi) is 2.65. The van der Waals surface area contributed by atoms with Gasteiger partial charge in [-0.2, -0.15) is 5.10 Å². The van der Waals surface area contributed by atoms with E-state index in [0.717, 1.165) is 6.07 Å². The van der Waals surface area contributed by atoms with Gasteiger partial charge in [0.05, 0.1) is 10.7 Å². The lowest BCUT2D eigenvalue weighted by atomic mass is 10.2. The zero-order chi connectivity index (χ0) is 9.14. The third-order valence-electron chi connectivity index (χ3n) is 1.28. The van der Waals surface area contributed by atoms with Crippen molar-refractivity contribution in [2.75, 3.05) is 0 Å². The van der Waals surface area contributed by atoms with Crippen molar-refractivity contribution in [3.63, 3.8) is 0 Å². The van der Waals surface area contributed by atoms with Crippen molar-refractivity contribution >= 4 is 22.1 Å². The number of hydrazone groups is 1. The average Bonchev–Trinajstić information content (AvgIpc) is 2.01. The second-order valence-electron chi connectivity index (χ2n) is 2.10. The fourth-order valence-corrected chi connectivity index (χ4v) is 1.07. The molecular weight excluding hydrogens is 227 g/mol. The molecule has 0 saturated carbocycles. The molecule has 1 aromatic carbocycles. The number of nitrogens with zero attached hydrogens (tertiary/aromatic N) is 1. The number of benzene rings is 1. The number of hydrogen-bond donors (Lipinski definition) is 2. The molecule has 64 valence electrons. The SMILES string of the molecule is NN=Cc1cc(F)c(Br)cc1O. The van der Waals surface area contributed by atoms with Gasteiger partial charge in [-0.15, -0.1) is 0 Å². The number of phenols is 1. The van der Waals surface area contributed by atoms with Gasteiger partial charge in [0.15, 0.2) is 0 Å². The van der Waals surface area contributed by atoms with Gasteiger partial charge < -0.3 is 10.9 Å². The standard InChI is InChI=1S/C7H6BrFN2O/c8-5-2-7(12)4(3-11-10)1-6(5)9/h1-3,12H,10H2. The average molecular weight is 233 g/mol. The number of aromatic hydroxyl groups is 1. The molecule has 0 saturated heterocycles. The van der Waals surface area contributed by atoms with E-state index in [2.05, 4.69) is 21.0 Å². The predicted octanol–water partition coefficient (Wildman–Crippen LogP) is 1.59. The Hall–Kier alpha value is -1.10. The molecule has 0 fully saturated rings. The molecule has 0 radical (unpaired) electrons. The van der Waals surface area contributed by atoms with Crippen molar-refractivity contribution in [3.05, 3.63) is 28.0 Å². The molecule has 1 rings (SSSR count). The molecule has 1 aromatic rings. The zero-order valence-electron chi connectivity index (χ0n) is 5.96. The van der Waals surface area contributed by atoms with Crippen LogP contribution in [0, 0.1) is 5.82 Å². The molecule has 0 atom stereocenters. The highest BCUT2D eigenvalue weighted by molar-refractivity contribution is 9.10. The lowest BCUT2D eigenvalue weighted by Crippen LogP contribution is -1.89. The maximum absolute atomic E-state index is 12.8. The van der Waals surface area contributed by atoms with E-state index in [9.17, 15) is 9.50 Å². The first kappa shape index (κ1) is 8.99. The lowest BCUT2D eigenvalue weighted by molar-refractivity contribution is 0.471. The van der Waals surface area contributed by atoms with Crippen LogP contribution in [0.3, 0.4) is 0 Å². The molecule has 0 aliphatic carbocycles. The van der Waals surface area contributed by atoms with Crippen LogP contribution in [0.4, 0.5) is 4.39 Å². The Bertz CT molecular complexity index is 327. The summed E-state index contributed by atoms with van der Waals surface area (Å²) in [4.78, 5) is 0. The lowest BCUT2D eigenvalue weighted by Gasteiger charge is -1.99. The van der Waals surface area contributed by atoms with E-state index in [1.807, 2.05) is 0 Å². The molecule has 0 heterocycles. The van der Waals surface area contributed by atoms with Crippen molar-refractivity contribution in [1.29, 1.82) is 0 Å². The van der Waals surface area contributed by atoms with Crippen molar-refractivity contribution in [2.24, 2.45) is 10.9 Å². The summed E-state index contributed by atoms with van der Waals surface area (Å²) < 4.78 is 13.0. The molecule has 0 spiro atoms. The highest BCUT2D eigenvalue weighted by atomic mass is 79.9. The highest BCUT2D eigenvalue weighted by Crippen LogP contribution is 2.24. The van der Waals surface area contributed by atoms with Crippen LogP contribution in [0.1, 0.15) is 5.56 Å². The summed E-state index contributed by atoms with van der Waals surface area (Å²) in [5, 5.41) is 12.4. The van der Waals surface area contributed by atoms with E-state index in [1.165, 1.54) is 12.3 Å². The third-order valence-corrected chi connectivity index (χ3v) is 1.89. The Balaban J connectivity index is 3.23. The second-order valence-corrected chi connectivity index (χ2v) is 2.96. The van der Waals surface area contributed by atoms with Gasteiger partial charge in [0.2, 0.25) is 0 Å². The number of rotatable bonds is 1. The predicted molar refractivity (Wildman–Crippen MR) is 47.5 cm³/mol. The first-order valence-electron chi connectivity index (χ1n) is 3.06. The number of halogens is 2.